The summed E-state index contributed by atoms with van der Waals surface area (Å²) in [4.78, 5) is 36.3. The third-order valence-corrected chi connectivity index (χ3v) is 4.76. The first-order chi connectivity index (χ1) is 12.9. The van der Waals surface area contributed by atoms with Crippen LogP contribution in [0.3, 0.4) is 0 Å². The Labute approximate surface area is 158 Å². The van der Waals surface area contributed by atoms with Crippen LogP contribution in [-0.4, -0.2) is 33.2 Å². The molecule has 1 aliphatic rings. The number of carbonyl (C=O) groups is 2. The number of hydrogen-bond acceptors (Lipinski definition) is 7. The Morgan fingerprint density at radius 2 is 1.96 bits per heavy atom. The molecule has 2 amide bonds. The fourth-order valence-electron chi connectivity index (χ4n) is 2.55. The molecule has 0 saturated carbocycles. The summed E-state index contributed by atoms with van der Waals surface area (Å²) in [6.07, 6.45) is 1.37. The van der Waals surface area contributed by atoms with Gasteiger partial charge >= 0.3 is 5.69 Å². The largest absolute Gasteiger partial charge is 0.500 e. The SMILES string of the molecule is COc1cc(/C=C2/SC(=O)N(Cc3ccccc3)C2=O)cc([N+](=O)[O-])c1O. The van der Waals surface area contributed by atoms with Crippen molar-refractivity contribution in [2.24, 2.45) is 0 Å². The molecule has 0 atom stereocenters. The molecule has 1 saturated heterocycles. The second-order valence-corrected chi connectivity index (χ2v) is 6.59. The standard InChI is InChI=1S/C18H14N2O6S/c1-26-14-8-12(7-13(16(14)21)20(24)25)9-15-17(22)19(18(23)27-15)10-11-5-3-2-4-6-11/h2-9,21H,10H2,1H3/b15-9+. The van der Waals surface area contributed by atoms with Crippen LogP contribution < -0.4 is 4.74 Å². The van der Waals surface area contributed by atoms with Gasteiger partial charge in [-0.25, -0.2) is 0 Å². The number of nitro groups is 1. The van der Waals surface area contributed by atoms with Gasteiger partial charge in [-0.1, -0.05) is 30.3 Å². The van der Waals surface area contributed by atoms with Crippen LogP contribution in [0.25, 0.3) is 6.08 Å². The van der Waals surface area contributed by atoms with Gasteiger partial charge in [-0.15, -0.1) is 0 Å². The Morgan fingerprint density at radius 3 is 2.59 bits per heavy atom. The molecule has 8 nitrogen and oxygen atoms in total. The Bertz CT molecular complexity index is 958. The molecule has 1 heterocycles. The third-order valence-electron chi connectivity index (χ3n) is 3.85. The molecule has 0 radical (unpaired) electrons. The molecule has 27 heavy (non-hydrogen) atoms. The van der Waals surface area contributed by atoms with E-state index < -0.39 is 27.5 Å². The van der Waals surface area contributed by atoms with Gasteiger partial charge in [0, 0.05) is 6.07 Å². The number of hydrogen-bond donors (Lipinski definition) is 1. The Balaban J connectivity index is 1.92. The average Bonchev–Trinajstić information content (AvgIpc) is 2.91. The lowest BCUT2D eigenvalue weighted by molar-refractivity contribution is -0.386. The third kappa shape index (κ3) is 3.77. The van der Waals surface area contributed by atoms with Crippen molar-refractivity contribution < 1.29 is 24.4 Å². The van der Waals surface area contributed by atoms with Crippen LogP contribution in [0, 0.1) is 10.1 Å². The number of amides is 2. The maximum atomic E-state index is 12.6. The highest BCUT2D eigenvalue weighted by Gasteiger charge is 2.35. The number of rotatable bonds is 5. The zero-order valence-electron chi connectivity index (χ0n) is 14.1. The number of imide groups is 1. The van der Waals surface area contributed by atoms with Crippen LogP contribution in [0.1, 0.15) is 11.1 Å². The predicted octanol–water partition coefficient (Wildman–Crippen LogP) is 3.55. The highest BCUT2D eigenvalue weighted by molar-refractivity contribution is 8.18. The summed E-state index contributed by atoms with van der Waals surface area (Å²) in [6, 6.07) is 11.5. The number of phenols is 1. The van der Waals surface area contributed by atoms with E-state index in [0.29, 0.717) is 0 Å². The number of aromatic hydroxyl groups is 1. The smallest absolute Gasteiger partial charge is 0.315 e. The number of methoxy groups -OCH3 is 1. The minimum atomic E-state index is -0.754. The van der Waals surface area contributed by atoms with Crippen LogP contribution in [0.4, 0.5) is 10.5 Å². The molecule has 2 aromatic rings. The molecular formula is C18H14N2O6S. The fourth-order valence-corrected chi connectivity index (χ4v) is 3.38. The van der Waals surface area contributed by atoms with Crippen molar-refractivity contribution in [3.8, 4) is 11.5 Å². The summed E-state index contributed by atoms with van der Waals surface area (Å²) >= 11 is 0.753. The molecule has 0 unspecified atom stereocenters. The maximum Gasteiger partial charge on any atom is 0.315 e. The lowest BCUT2D eigenvalue weighted by Crippen LogP contribution is -2.27. The predicted molar refractivity (Wildman–Crippen MR) is 99.3 cm³/mol. The monoisotopic (exact) mass is 386 g/mol. The van der Waals surface area contributed by atoms with Crippen molar-refractivity contribution in [3.63, 3.8) is 0 Å². The maximum absolute atomic E-state index is 12.6. The van der Waals surface area contributed by atoms with Gasteiger partial charge in [0.05, 0.1) is 23.5 Å². The van der Waals surface area contributed by atoms with Crippen molar-refractivity contribution in [3.05, 3.63) is 68.6 Å². The van der Waals surface area contributed by atoms with Crippen LogP contribution in [0.15, 0.2) is 47.4 Å². The fraction of sp³-hybridized carbons (Fsp3) is 0.111. The number of ether oxygens (including phenoxy) is 1. The van der Waals surface area contributed by atoms with Gasteiger partial charge in [-0.2, -0.15) is 0 Å². The summed E-state index contributed by atoms with van der Waals surface area (Å²) in [5, 5.41) is 20.5. The van der Waals surface area contributed by atoms with Gasteiger partial charge < -0.3 is 9.84 Å². The second kappa shape index (κ2) is 7.50. The van der Waals surface area contributed by atoms with E-state index in [0.717, 1.165) is 28.3 Å². The van der Waals surface area contributed by atoms with E-state index in [1.807, 2.05) is 18.2 Å². The Morgan fingerprint density at radius 1 is 1.26 bits per heavy atom. The van der Waals surface area contributed by atoms with E-state index in [9.17, 15) is 24.8 Å². The molecule has 1 fully saturated rings. The van der Waals surface area contributed by atoms with Crippen LogP contribution in [-0.2, 0) is 11.3 Å². The van der Waals surface area contributed by atoms with E-state index in [1.165, 1.54) is 19.3 Å². The highest BCUT2D eigenvalue weighted by atomic mass is 32.2. The number of nitrogens with zero attached hydrogens (tertiary/aromatic N) is 2. The zero-order chi connectivity index (χ0) is 19.6. The van der Waals surface area contributed by atoms with Gasteiger partial charge in [-0.05, 0) is 35.0 Å². The van der Waals surface area contributed by atoms with Crippen molar-refractivity contribution in [2.45, 2.75) is 6.54 Å². The molecule has 1 N–H and O–H groups in total. The van der Waals surface area contributed by atoms with E-state index in [1.54, 1.807) is 12.1 Å². The molecule has 0 spiro atoms. The van der Waals surface area contributed by atoms with Crippen molar-refractivity contribution >= 4 is 34.7 Å². The first-order valence-electron chi connectivity index (χ1n) is 7.75. The molecule has 138 valence electrons. The lowest BCUT2D eigenvalue weighted by atomic mass is 10.1. The summed E-state index contributed by atoms with van der Waals surface area (Å²) in [5.41, 5.74) is 0.522. The van der Waals surface area contributed by atoms with Crippen molar-refractivity contribution in [1.82, 2.24) is 4.90 Å². The average molecular weight is 386 g/mol. The lowest BCUT2D eigenvalue weighted by Gasteiger charge is -2.12. The molecule has 1 aliphatic heterocycles. The Kier molecular flexibility index (Phi) is 5.13. The van der Waals surface area contributed by atoms with Crippen LogP contribution in [0.5, 0.6) is 11.5 Å². The Hall–Kier alpha value is -3.33. The molecule has 3 rings (SSSR count). The number of phenolic OH excluding ortho intramolecular Hbond substituents is 1. The number of thioether (sulfide) groups is 1. The quantitative estimate of drug-likeness (QED) is 0.475. The van der Waals surface area contributed by atoms with Gasteiger partial charge in [0.25, 0.3) is 11.1 Å². The van der Waals surface area contributed by atoms with E-state index >= 15 is 0 Å². The first-order valence-corrected chi connectivity index (χ1v) is 8.57. The normalized spacial score (nSPS) is 15.4. The van der Waals surface area contributed by atoms with Gasteiger partial charge in [-0.3, -0.25) is 24.6 Å². The summed E-state index contributed by atoms with van der Waals surface area (Å²) in [6.45, 7) is 0.141. The van der Waals surface area contributed by atoms with Crippen molar-refractivity contribution in [1.29, 1.82) is 0 Å². The molecule has 0 aliphatic carbocycles. The van der Waals surface area contributed by atoms with E-state index in [4.69, 9.17) is 4.74 Å². The minimum Gasteiger partial charge on any atom is -0.500 e. The molecular weight excluding hydrogens is 372 g/mol. The molecule has 0 aromatic heterocycles. The van der Waals surface area contributed by atoms with Crippen LogP contribution in [0.2, 0.25) is 0 Å². The number of nitro benzene ring substituents is 1. The van der Waals surface area contributed by atoms with E-state index in [2.05, 4.69) is 0 Å². The topological polar surface area (TPSA) is 110 Å². The van der Waals surface area contributed by atoms with E-state index in [-0.39, 0.29) is 22.8 Å². The van der Waals surface area contributed by atoms with Crippen LogP contribution >= 0.6 is 11.8 Å². The van der Waals surface area contributed by atoms with Gasteiger partial charge in [0.1, 0.15) is 0 Å². The zero-order valence-corrected chi connectivity index (χ0v) is 14.9. The minimum absolute atomic E-state index is 0.0982. The molecule has 2 aromatic carbocycles. The van der Waals surface area contributed by atoms with Crippen molar-refractivity contribution in [2.75, 3.05) is 7.11 Å². The first kappa shape index (κ1) is 18.5. The summed E-state index contributed by atoms with van der Waals surface area (Å²) in [5.74, 6) is -1.18. The van der Waals surface area contributed by atoms with Gasteiger partial charge in [0.15, 0.2) is 5.75 Å². The number of benzene rings is 2. The summed E-state index contributed by atoms with van der Waals surface area (Å²) in [7, 11) is 1.26. The number of carbonyl (C=O) groups excluding carboxylic acids is 2. The van der Waals surface area contributed by atoms with Gasteiger partial charge in [0.2, 0.25) is 5.75 Å². The molecule has 0 bridgehead atoms. The highest BCUT2D eigenvalue weighted by Crippen LogP contribution is 2.39. The summed E-state index contributed by atoms with van der Waals surface area (Å²) < 4.78 is 4.94. The second-order valence-electron chi connectivity index (χ2n) is 5.60. The molecule has 9 heteroatoms.